The van der Waals surface area contributed by atoms with Gasteiger partial charge in [0.15, 0.2) is 0 Å². The Balaban J connectivity index is 0.000000318. The SMILES string of the molecule is O=C(Cc1ccsc1)N1CCC2(CC1)COCCN2CC1CC1.O=C(O)C(F)(F)F. The summed E-state index contributed by atoms with van der Waals surface area (Å²) >= 11 is 1.66. The number of ether oxygens (including phenoxy) is 1. The molecule has 6 nitrogen and oxygen atoms in total. The zero-order valence-corrected chi connectivity index (χ0v) is 17.5. The van der Waals surface area contributed by atoms with Gasteiger partial charge in [-0.3, -0.25) is 9.69 Å². The zero-order chi connectivity index (χ0) is 21.8. The van der Waals surface area contributed by atoms with Gasteiger partial charge in [0.1, 0.15) is 0 Å². The molecule has 3 heterocycles. The monoisotopic (exact) mass is 448 g/mol. The summed E-state index contributed by atoms with van der Waals surface area (Å²) in [5.41, 5.74) is 1.34. The molecule has 2 saturated heterocycles. The maximum Gasteiger partial charge on any atom is 0.490 e. The third kappa shape index (κ3) is 6.18. The van der Waals surface area contributed by atoms with Crippen LogP contribution in [-0.2, 0) is 20.7 Å². The lowest BCUT2D eigenvalue weighted by Gasteiger charge is -2.51. The lowest BCUT2D eigenvalue weighted by molar-refractivity contribution is -0.192. The van der Waals surface area contributed by atoms with E-state index in [1.165, 1.54) is 19.4 Å². The Morgan fingerprint density at radius 1 is 1.23 bits per heavy atom. The van der Waals surface area contributed by atoms with Crippen LogP contribution in [0.3, 0.4) is 0 Å². The number of nitrogens with zero attached hydrogens (tertiary/aromatic N) is 2. The molecule has 1 N–H and O–H groups in total. The van der Waals surface area contributed by atoms with E-state index in [-0.39, 0.29) is 11.4 Å². The van der Waals surface area contributed by atoms with Crippen LogP contribution in [0.5, 0.6) is 0 Å². The largest absolute Gasteiger partial charge is 0.490 e. The topological polar surface area (TPSA) is 70.1 Å². The molecule has 1 aromatic heterocycles. The van der Waals surface area contributed by atoms with E-state index in [9.17, 15) is 18.0 Å². The fraction of sp³-hybridized carbons (Fsp3) is 0.700. The van der Waals surface area contributed by atoms with Crippen LogP contribution in [0, 0.1) is 5.92 Å². The van der Waals surface area contributed by atoms with Crippen LogP contribution in [0.4, 0.5) is 13.2 Å². The summed E-state index contributed by atoms with van der Waals surface area (Å²) < 4.78 is 37.6. The molecule has 1 amide bonds. The smallest absolute Gasteiger partial charge is 0.475 e. The first-order valence-corrected chi connectivity index (χ1v) is 11.1. The van der Waals surface area contributed by atoms with Gasteiger partial charge in [0.25, 0.3) is 0 Å². The van der Waals surface area contributed by atoms with Crippen molar-refractivity contribution in [2.45, 2.75) is 43.8 Å². The Morgan fingerprint density at radius 2 is 1.90 bits per heavy atom. The van der Waals surface area contributed by atoms with Gasteiger partial charge < -0.3 is 14.7 Å². The second-order valence-electron chi connectivity index (χ2n) is 8.16. The van der Waals surface area contributed by atoms with Crippen molar-refractivity contribution < 1.29 is 32.6 Å². The highest BCUT2D eigenvalue weighted by molar-refractivity contribution is 7.08. The maximum atomic E-state index is 12.5. The van der Waals surface area contributed by atoms with Crippen molar-refractivity contribution >= 4 is 23.2 Å². The Bertz CT molecular complexity index is 714. The highest BCUT2D eigenvalue weighted by Crippen LogP contribution is 2.37. The number of aliphatic carboxylic acids is 1. The predicted octanol–water partition coefficient (Wildman–Crippen LogP) is 3.03. The summed E-state index contributed by atoms with van der Waals surface area (Å²) in [7, 11) is 0. The number of thiophene rings is 1. The Morgan fingerprint density at radius 3 is 2.43 bits per heavy atom. The lowest BCUT2D eigenvalue weighted by atomic mass is 9.85. The summed E-state index contributed by atoms with van der Waals surface area (Å²) in [6, 6.07) is 2.06. The van der Waals surface area contributed by atoms with Crippen molar-refractivity contribution in [3.8, 4) is 0 Å². The third-order valence-corrected chi connectivity index (χ3v) is 6.68. The number of alkyl halides is 3. The zero-order valence-electron chi connectivity index (χ0n) is 16.7. The summed E-state index contributed by atoms with van der Waals surface area (Å²) in [6.07, 6.45) is 0.403. The molecule has 1 saturated carbocycles. The minimum absolute atomic E-state index is 0.194. The molecule has 0 radical (unpaired) electrons. The molecule has 30 heavy (non-hydrogen) atoms. The van der Waals surface area contributed by atoms with Crippen molar-refractivity contribution in [3.05, 3.63) is 22.4 Å². The summed E-state index contributed by atoms with van der Waals surface area (Å²) in [5.74, 6) is -1.56. The third-order valence-electron chi connectivity index (χ3n) is 5.95. The molecule has 0 aromatic carbocycles. The number of carbonyl (C=O) groups is 2. The van der Waals surface area contributed by atoms with Gasteiger partial charge in [0.05, 0.1) is 19.6 Å². The van der Waals surface area contributed by atoms with Gasteiger partial charge in [-0.15, -0.1) is 0 Å². The van der Waals surface area contributed by atoms with Crippen molar-refractivity contribution in [2.24, 2.45) is 5.92 Å². The van der Waals surface area contributed by atoms with Gasteiger partial charge in [-0.2, -0.15) is 24.5 Å². The van der Waals surface area contributed by atoms with Crippen LogP contribution in [0.25, 0.3) is 0 Å². The van der Waals surface area contributed by atoms with E-state index in [4.69, 9.17) is 14.6 Å². The van der Waals surface area contributed by atoms with E-state index in [2.05, 4.69) is 21.2 Å². The van der Waals surface area contributed by atoms with E-state index >= 15 is 0 Å². The van der Waals surface area contributed by atoms with Crippen molar-refractivity contribution in [3.63, 3.8) is 0 Å². The quantitative estimate of drug-likeness (QED) is 0.767. The summed E-state index contributed by atoms with van der Waals surface area (Å²) in [6.45, 7) is 5.80. The van der Waals surface area contributed by atoms with Crippen LogP contribution in [-0.4, -0.2) is 77.9 Å². The highest BCUT2D eigenvalue weighted by Gasteiger charge is 2.44. The second kappa shape index (κ2) is 9.65. The standard InChI is InChI=1S/C18H26N2O2S.C2HF3O2/c21-17(11-16-3-10-23-13-16)19-6-4-18(5-7-19)14-22-9-8-20(18)12-15-1-2-15;3-2(4,5)1(6)7/h3,10,13,15H,1-2,4-9,11-12,14H2;(H,6,7). The first-order chi connectivity index (χ1) is 14.2. The number of carboxylic acid groups (broad SMARTS) is 1. The molecule has 3 aliphatic rings. The van der Waals surface area contributed by atoms with Gasteiger partial charge in [-0.1, -0.05) is 0 Å². The average molecular weight is 449 g/mol. The van der Waals surface area contributed by atoms with Crippen molar-refractivity contribution in [2.75, 3.05) is 39.4 Å². The number of piperidine rings is 1. The summed E-state index contributed by atoms with van der Waals surface area (Å²) in [4.78, 5) is 26.1. The molecule has 1 aromatic rings. The molecule has 10 heteroatoms. The number of hydrogen-bond acceptors (Lipinski definition) is 5. The molecule has 1 aliphatic carbocycles. The van der Waals surface area contributed by atoms with E-state index in [0.717, 1.165) is 57.2 Å². The van der Waals surface area contributed by atoms with Crippen molar-refractivity contribution in [1.29, 1.82) is 0 Å². The minimum Gasteiger partial charge on any atom is -0.475 e. The lowest BCUT2D eigenvalue weighted by Crippen LogP contribution is -2.62. The van der Waals surface area contributed by atoms with Crippen LogP contribution >= 0.6 is 11.3 Å². The molecule has 0 unspecified atom stereocenters. The number of carbonyl (C=O) groups excluding carboxylic acids is 1. The molecule has 3 fully saturated rings. The van der Waals surface area contributed by atoms with Crippen LogP contribution in [0.1, 0.15) is 31.2 Å². The van der Waals surface area contributed by atoms with E-state index < -0.39 is 12.1 Å². The Labute approximate surface area is 177 Å². The Kier molecular flexibility index (Phi) is 7.41. The first-order valence-electron chi connectivity index (χ1n) is 10.1. The fourth-order valence-corrected chi connectivity index (χ4v) is 4.64. The molecular formula is C20H27F3N2O4S. The normalized spacial score (nSPS) is 21.8. The fourth-order valence-electron chi connectivity index (χ4n) is 3.97. The number of rotatable bonds is 4. The van der Waals surface area contributed by atoms with Gasteiger partial charge in [-0.05, 0) is 54.0 Å². The number of morpholine rings is 1. The summed E-state index contributed by atoms with van der Waals surface area (Å²) in [5, 5.41) is 11.2. The number of carboxylic acids is 1. The molecule has 0 bridgehead atoms. The number of amides is 1. The number of likely N-dealkylation sites (tertiary alicyclic amines) is 1. The van der Waals surface area contributed by atoms with Crippen LogP contribution in [0.15, 0.2) is 16.8 Å². The van der Waals surface area contributed by atoms with Gasteiger partial charge in [0.2, 0.25) is 5.91 Å². The van der Waals surface area contributed by atoms with Crippen LogP contribution < -0.4 is 0 Å². The average Bonchev–Trinajstić information content (AvgIpc) is 3.37. The van der Waals surface area contributed by atoms with Crippen LogP contribution in [0.2, 0.25) is 0 Å². The maximum absolute atomic E-state index is 12.5. The predicted molar refractivity (Wildman–Crippen MR) is 105 cm³/mol. The van der Waals surface area contributed by atoms with Crippen molar-refractivity contribution in [1.82, 2.24) is 9.80 Å². The minimum atomic E-state index is -5.08. The van der Waals surface area contributed by atoms with E-state index in [0.29, 0.717) is 6.42 Å². The van der Waals surface area contributed by atoms with Gasteiger partial charge in [-0.25, -0.2) is 4.79 Å². The molecule has 0 atom stereocenters. The first kappa shape index (κ1) is 23.0. The van der Waals surface area contributed by atoms with Gasteiger partial charge >= 0.3 is 12.1 Å². The molecule has 4 rings (SSSR count). The molecule has 2 aliphatic heterocycles. The molecule has 168 valence electrons. The van der Waals surface area contributed by atoms with E-state index in [1.54, 1.807) is 11.3 Å². The van der Waals surface area contributed by atoms with E-state index in [1.807, 2.05) is 5.38 Å². The molecular weight excluding hydrogens is 421 g/mol. The number of hydrogen-bond donors (Lipinski definition) is 1. The molecule has 1 spiro atoms. The Hall–Kier alpha value is -1.65. The highest BCUT2D eigenvalue weighted by atomic mass is 32.1. The van der Waals surface area contributed by atoms with Gasteiger partial charge in [0, 0.05) is 31.7 Å². The number of halogens is 3. The second-order valence-corrected chi connectivity index (χ2v) is 8.94.